The van der Waals surface area contributed by atoms with Gasteiger partial charge < -0.3 is 0 Å². The van der Waals surface area contributed by atoms with Gasteiger partial charge in [0, 0.05) is 0 Å². The summed E-state index contributed by atoms with van der Waals surface area (Å²) in [6.45, 7) is -0.516. The van der Waals surface area contributed by atoms with E-state index >= 15 is 0 Å². The van der Waals surface area contributed by atoms with Crippen LogP contribution in [0, 0.1) is 11.6 Å². The summed E-state index contributed by atoms with van der Waals surface area (Å²) in [7, 11) is -4.19. The Balaban J connectivity index is 1.87. The molecule has 0 unspecified atom stereocenters. The molecule has 112 valence electrons. The Bertz CT molecular complexity index is 626. The van der Waals surface area contributed by atoms with Gasteiger partial charge in [0.1, 0.15) is 11.6 Å². The summed E-state index contributed by atoms with van der Waals surface area (Å²) >= 11 is 0. The largest absolute Gasteiger partial charge is 0.400 e. The number of benzene rings is 2. The molecule has 0 aliphatic heterocycles. The number of hydrogen-bond donors (Lipinski definition) is 0. The van der Waals surface area contributed by atoms with E-state index in [0.717, 1.165) is 0 Å². The number of halogens is 2. The van der Waals surface area contributed by atoms with Crippen molar-refractivity contribution in [1.82, 2.24) is 0 Å². The van der Waals surface area contributed by atoms with E-state index in [2.05, 4.69) is 8.37 Å². The molecule has 2 aromatic carbocycles. The third kappa shape index (κ3) is 5.22. The maximum atomic E-state index is 12.7. The van der Waals surface area contributed by atoms with E-state index in [4.69, 9.17) is 0 Å². The average molecular weight is 314 g/mol. The van der Waals surface area contributed by atoms with Crippen LogP contribution < -0.4 is 0 Å². The Morgan fingerprint density at radius 3 is 1.38 bits per heavy atom. The fraction of sp³-hybridized carbons (Fsp3) is 0.143. The summed E-state index contributed by atoms with van der Waals surface area (Å²) in [5.74, 6) is -0.844. The molecule has 0 saturated heterocycles. The molecule has 0 radical (unpaired) electrons. The maximum Gasteiger partial charge on any atom is 0.400 e. The van der Waals surface area contributed by atoms with Crippen LogP contribution in [0.3, 0.4) is 0 Å². The van der Waals surface area contributed by atoms with Crippen molar-refractivity contribution in [2.45, 2.75) is 13.2 Å². The predicted octanol–water partition coefficient (Wildman–Crippen LogP) is 2.94. The van der Waals surface area contributed by atoms with Gasteiger partial charge in [-0.3, -0.25) is 0 Å². The van der Waals surface area contributed by atoms with Crippen LogP contribution in [0.2, 0.25) is 0 Å². The van der Waals surface area contributed by atoms with E-state index in [-0.39, 0.29) is 13.2 Å². The summed E-state index contributed by atoms with van der Waals surface area (Å²) in [6.07, 6.45) is 0. The van der Waals surface area contributed by atoms with Gasteiger partial charge in [-0.05, 0) is 35.4 Å². The summed E-state index contributed by atoms with van der Waals surface area (Å²) in [5, 5.41) is 0. The first-order chi connectivity index (χ1) is 9.94. The summed E-state index contributed by atoms with van der Waals surface area (Å²) in [5.41, 5.74) is 0.982. The van der Waals surface area contributed by atoms with E-state index in [1.807, 2.05) is 0 Å². The van der Waals surface area contributed by atoms with Gasteiger partial charge in [0.25, 0.3) is 0 Å². The molecule has 7 heteroatoms. The van der Waals surface area contributed by atoms with Gasteiger partial charge in [-0.15, -0.1) is 0 Å². The van der Waals surface area contributed by atoms with E-state index < -0.39 is 22.0 Å². The highest BCUT2D eigenvalue weighted by molar-refractivity contribution is 7.81. The quantitative estimate of drug-likeness (QED) is 0.822. The molecule has 0 amide bonds. The molecule has 4 nitrogen and oxygen atoms in total. The molecule has 0 bridgehead atoms. The van der Waals surface area contributed by atoms with Crippen LogP contribution in [0.25, 0.3) is 0 Å². The molecule has 0 spiro atoms. The van der Waals surface area contributed by atoms with Crippen molar-refractivity contribution >= 4 is 10.4 Å². The molecule has 0 N–H and O–H groups in total. The van der Waals surface area contributed by atoms with E-state index in [1.165, 1.54) is 48.5 Å². The van der Waals surface area contributed by atoms with Crippen LogP contribution in [0.15, 0.2) is 48.5 Å². The van der Waals surface area contributed by atoms with Gasteiger partial charge in [0.2, 0.25) is 0 Å². The Hall–Kier alpha value is -1.83. The van der Waals surface area contributed by atoms with E-state index in [9.17, 15) is 17.2 Å². The molecule has 21 heavy (non-hydrogen) atoms. The average Bonchev–Trinajstić information content (AvgIpc) is 2.46. The predicted molar refractivity (Wildman–Crippen MR) is 71.3 cm³/mol. The lowest BCUT2D eigenvalue weighted by Gasteiger charge is -2.06. The minimum atomic E-state index is -4.19. The second-order valence-electron chi connectivity index (χ2n) is 4.19. The topological polar surface area (TPSA) is 52.6 Å². The Kier molecular flexibility index (Phi) is 5.00. The van der Waals surface area contributed by atoms with E-state index in [1.54, 1.807) is 0 Å². The molecule has 0 heterocycles. The zero-order chi connectivity index (χ0) is 15.3. The molecular weight excluding hydrogens is 302 g/mol. The zero-order valence-corrected chi connectivity index (χ0v) is 11.6. The maximum absolute atomic E-state index is 12.7. The molecule has 0 aromatic heterocycles. The minimum absolute atomic E-state index is 0.258. The summed E-state index contributed by atoms with van der Waals surface area (Å²) < 4.78 is 57.7. The highest BCUT2D eigenvalue weighted by Gasteiger charge is 2.12. The van der Waals surface area contributed by atoms with Crippen molar-refractivity contribution in [3.8, 4) is 0 Å². The second-order valence-corrected chi connectivity index (χ2v) is 5.47. The lowest BCUT2D eigenvalue weighted by atomic mass is 10.2. The highest BCUT2D eigenvalue weighted by atomic mass is 32.3. The smallest absolute Gasteiger partial charge is 0.243 e. The third-order valence-electron chi connectivity index (χ3n) is 2.57. The first-order valence-electron chi connectivity index (χ1n) is 5.97. The molecule has 2 rings (SSSR count). The first kappa shape index (κ1) is 15.6. The van der Waals surface area contributed by atoms with Gasteiger partial charge in [-0.1, -0.05) is 24.3 Å². The van der Waals surface area contributed by atoms with Crippen molar-refractivity contribution in [1.29, 1.82) is 0 Å². The first-order valence-corrected chi connectivity index (χ1v) is 7.31. The van der Waals surface area contributed by atoms with Crippen LogP contribution >= 0.6 is 0 Å². The van der Waals surface area contributed by atoms with Crippen LogP contribution in [0.4, 0.5) is 8.78 Å². The minimum Gasteiger partial charge on any atom is -0.243 e. The molecular formula is C14H12F2O4S. The molecule has 0 saturated carbocycles. The van der Waals surface area contributed by atoms with Crippen LogP contribution in [0.5, 0.6) is 0 Å². The highest BCUT2D eigenvalue weighted by Crippen LogP contribution is 2.10. The Labute approximate surface area is 121 Å². The fourth-order valence-corrected chi connectivity index (χ4v) is 2.10. The van der Waals surface area contributed by atoms with Crippen LogP contribution in [-0.2, 0) is 32.0 Å². The SMILES string of the molecule is O=S(=O)(OCc1ccc(F)cc1)OCc1ccc(F)cc1. The van der Waals surface area contributed by atoms with Crippen molar-refractivity contribution in [3.05, 3.63) is 71.3 Å². The van der Waals surface area contributed by atoms with Gasteiger partial charge in [0.15, 0.2) is 0 Å². The lowest BCUT2D eigenvalue weighted by molar-refractivity contribution is 0.202. The summed E-state index contributed by atoms with van der Waals surface area (Å²) in [4.78, 5) is 0. The molecule has 0 atom stereocenters. The zero-order valence-electron chi connectivity index (χ0n) is 10.8. The standard InChI is InChI=1S/C14H12F2O4S/c15-13-5-1-11(2-6-13)9-19-21(17,18)20-10-12-3-7-14(16)8-4-12/h1-8H,9-10H2. The van der Waals surface area contributed by atoms with Crippen LogP contribution in [-0.4, -0.2) is 8.42 Å². The van der Waals surface area contributed by atoms with Gasteiger partial charge in [-0.25, -0.2) is 17.1 Å². The molecule has 0 aliphatic rings. The van der Waals surface area contributed by atoms with Crippen molar-refractivity contribution < 1.29 is 25.6 Å². The lowest BCUT2D eigenvalue weighted by Crippen LogP contribution is -2.10. The number of hydrogen-bond acceptors (Lipinski definition) is 4. The second kappa shape index (κ2) is 6.75. The molecule has 0 fully saturated rings. The fourth-order valence-electron chi connectivity index (χ4n) is 1.48. The van der Waals surface area contributed by atoms with E-state index in [0.29, 0.717) is 11.1 Å². The van der Waals surface area contributed by atoms with Gasteiger partial charge in [0.05, 0.1) is 13.2 Å². The van der Waals surface area contributed by atoms with Crippen LogP contribution in [0.1, 0.15) is 11.1 Å². The normalized spacial score (nSPS) is 11.5. The van der Waals surface area contributed by atoms with Gasteiger partial charge >= 0.3 is 10.4 Å². The molecule has 2 aromatic rings. The molecule has 0 aliphatic carbocycles. The van der Waals surface area contributed by atoms with Gasteiger partial charge in [-0.2, -0.15) is 8.42 Å². The van der Waals surface area contributed by atoms with Crippen molar-refractivity contribution in [2.75, 3.05) is 0 Å². The van der Waals surface area contributed by atoms with Crippen molar-refractivity contribution in [3.63, 3.8) is 0 Å². The summed E-state index contributed by atoms with van der Waals surface area (Å²) in [6, 6.07) is 10.4. The Morgan fingerprint density at radius 1 is 0.714 bits per heavy atom. The van der Waals surface area contributed by atoms with Crippen molar-refractivity contribution in [2.24, 2.45) is 0 Å². The third-order valence-corrected chi connectivity index (χ3v) is 3.38. The Morgan fingerprint density at radius 2 is 1.05 bits per heavy atom. The number of rotatable bonds is 6. The monoisotopic (exact) mass is 314 g/mol.